The minimum atomic E-state index is -0.574. The van der Waals surface area contributed by atoms with Crippen LogP contribution in [0.5, 0.6) is 5.75 Å². The first-order chi connectivity index (χ1) is 7.27. The molecule has 1 rings (SSSR count). The van der Waals surface area contributed by atoms with Crippen LogP contribution in [0.3, 0.4) is 0 Å². The van der Waals surface area contributed by atoms with Crippen LogP contribution in [0, 0.1) is 12.3 Å². The second kappa shape index (κ2) is 6.10. The van der Waals surface area contributed by atoms with Crippen LogP contribution in [0.1, 0.15) is 31.4 Å². The first-order valence-corrected chi connectivity index (χ1v) is 5.12. The van der Waals surface area contributed by atoms with E-state index in [2.05, 4.69) is 12.8 Å². The molecule has 0 heterocycles. The summed E-state index contributed by atoms with van der Waals surface area (Å²) in [5, 5.41) is 9.60. The highest BCUT2D eigenvalue weighted by Crippen LogP contribution is 2.19. The molecule has 0 radical (unpaired) electrons. The summed E-state index contributed by atoms with van der Waals surface area (Å²) in [5.74, 6) is 3.26. The third kappa shape index (κ3) is 3.65. The van der Waals surface area contributed by atoms with Crippen molar-refractivity contribution >= 4 is 0 Å². The van der Waals surface area contributed by atoms with Gasteiger partial charge in [0.1, 0.15) is 5.75 Å². The zero-order chi connectivity index (χ0) is 11.1. The van der Waals surface area contributed by atoms with Crippen LogP contribution in [-0.2, 0) is 0 Å². The molecule has 2 nitrogen and oxygen atoms in total. The smallest absolute Gasteiger partial charge is 0.119 e. The Balaban J connectivity index is 2.60. The first-order valence-electron chi connectivity index (χ1n) is 5.12. The van der Waals surface area contributed by atoms with Crippen molar-refractivity contribution in [3.63, 3.8) is 0 Å². The van der Waals surface area contributed by atoms with E-state index in [0.717, 1.165) is 17.7 Å². The highest BCUT2D eigenvalue weighted by atomic mass is 16.5. The van der Waals surface area contributed by atoms with Gasteiger partial charge in [-0.15, -0.1) is 12.3 Å². The molecule has 0 fully saturated rings. The Bertz CT molecular complexity index is 321. The SMILES string of the molecule is C#CCC(O)c1ccc(OCCC)cc1. The van der Waals surface area contributed by atoms with E-state index in [-0.39, 0.29) is 0 Å². The quantitative estimate of drug-likeness (QED) is 0.747. The molecule has 0 aliphatic rings. The lowest BCUT2D eigenvalue weighted by Gasteiger charge is -2.09. The number of hydrogen-bond donors (Lipinski definition) is 1. The van der Waals surface area contributed by atoms with Crippen molar-refractivity contribution in [2.75, 3.05) is 6.61 Å². The molecule has 0 spiro atoms. The number of aliphatic hydroxyl groups excluding tert-OH is 1. The molecule has 1 unspecified atom stereocenters. The number of rotatable bonds is 5. The van der Waals surface area contributed by atoms with Crippen LogP contribution in [-0.4, -0.2) is 11.7 Å². The molecule has 1 aromatic carbocycles. The molecule has 15 heavy (non-hydrogen) atoms. The van der Waals surface area contributed by atoms with E-state index in [4.69, 9.17) is 11.2 Å². The number of aliphatic hydroxyl groups is 1. The third-order valence-electron chi connectivity index (χ3n) is 2.05. The lowest BCUT2D eigenvalue weighted by atomic mass is 10.1. The fourth-order valence-electron chi connectivity index (χ4n) is 1.24. The van der Waals surface area contributed by atoms with E-state index in [1.165, 1.54) is 0 Å². The molecule has 1 aromatic rings. The van der Waals surface area contributed by atoms with Gasteiger partial charge in [-0.2, -0.15) is 0 Å². The normalized spacial score (nSPS) is 11.8. The zero-order valence-electron chi connectivity index (χ0n) is 8.94. The largest absolute Gasteiger partial charge is 0.494 e. The Kier molecular flexibility index (Phi) is 4.73. The Morgan fingerprint density at radius 2 is 2.07 bits per heavy atom. The van der Waals surface area contributed by atoms with Crippen LogP contribution >= 0.6 is 0 Å². The summed E-state index contributed by atoms with van der Waals surface area (Å²) in [7, 11) is 0. The van der Waals surface area contributed by atoms with Gasteiger partial charge in [0.05, 0.1) is 12.7 Å². The highest BCUT2D eigenvalue weighted by molar-refractivity contribution is 5.28. The first kappa shape index (κ1) is 11.6. The predicted molar refractivity (Wildman–Crippen MR) is 60.6 cm³/mol. The van der Waals surface area contributed by atoms with Gasteiger partial charge < -0.3 is 9.84 Å². The molecule has 0 bridgehead atoms. The number of hydrogen-bond acceptors (Lipinski definition) is 2. The summed E-state index contributed by atoms with van der Waals surface area (Å²) in [4.78, 5) is 0. The number of terminal acetylenes is 1. The van der Waals surface area contributed by atoms with E-state index in [1.54, 1.807) is 0 Å². The van der Waals surface area contributed by atoms with Crippen LogP contribution in [0.15, 0.2) is 24.3 Å². The van der Waals surface area contributed by atoms with E-state index in [1.807, 2.05) is 24.3 Å². The van der Waals surface area contributed by atoms with Crippen molar-refractivity contribution in [1.29, 1.82) is 0 Å². The summed E-state index contributed by atoms with van der Waals surface area (Å²) in [6.45, 7) is 2.78. The lowest BCUT2D eigenvalue weighted by Crippen LogP contribution is -1.97. The van der Waals surface area contributed by atoms with Gasteiger partial charge in [0.25, 0.3) is 0 Å². The van der Waals surface area contributed by atoms with Gasteiger partial charge in [0, 0.05) is 6.42 Å². The zero-order valence-corrected chi connectivity index (χ0v) is 8.94. The fourth-order valence-corrected chi connectivity index (χ4v) is 1.24. The van der Waals surface area contributed by atoms with Gasteiger partial charge in [-0.1, -0.05) is 19.1 Å². The van der Waals surface area contributed by atoms with Gasteiger partial charge in [0.2, 0.25) is 0 Å². The Morgan fingerprint density at radius 1 is 1.40 bits per heavy atom. The van der Waals surface area contributed by atoms with E-state index in [0.29, 0.717) is 13.0 Å². The predicted octanol–water partition coefficient (Wildman–Crippen LogP) is 2.53. The van der Waals surface area contributed by atoms with Crippen molar-refractivity contribution in [3.05, 3.63) is 29.8 Å². The van der Waals surface area contributed by atoms with Crippen LogP contribution in [0.2, 0.25) is 0 Å². The van der Waals surface area contributed by atoms with Crippen LogP contribution < -0.4 is 4.74 Å². The summed E-state index contributed by atoms with van der Waals surface area (Å²) in [6.07, 6.45) is 5.88. The van der Waals surface area contributed by atoms with E-state index >= 15 is 0 Å². The van der Waals surface area contributed by atoms with Crippen molar-refractivity contribution in [1.82, 2.24) is 0 Å². The molecule has 0 aromatic heterocycles. The third-order valence-corrected chi connectivity index (χ3v) is 2.05. The van der Waals surface area contributed by atoms with Gasteiger partial charge in [-0.05, 0) is 24.1 Å². The molecule has 0 saturated carbocycles. The van der Waals surface area contributed by atoms with Crippen LogP contribution in [0.4, 0.5) is 0 Å². The summed E-state index contributed by atoms with van der Waals surface area (Å²) >= 11 is 0. The highest BCUT2D eigenvalue weighted by Gasteiger charge is 2.05. The second-order valence-electron chi connectivity index (χ2n) is 3.34. The van der Waals surface area contributed by atoms with E-state index in [9.17, 15) is 5.11 Å². The van der Waals surface area contributed by atoms with Crippen LogP contribution in [0.25, 0.3) is 0 Å². The molecule has 1 atom stereocenters. The standard InChI is InChI=1S/C13H16O2/c1-3-5-13(14)11-6-8-12(9-7-11)15-10-4-2/h1,6-9,13-14H,4-5,10H2,2H3. The molecule has 80 valence electrons. The van der Waals surface area contributed by atoms with Gasteiger partial charge in [-0.25, -0.2) is 0 Å². The number of benzene rings is 1. The maximum atomic E-state index is 9.60. The molecular formula is C13H16O2. The molecule has 1 N–H and O–H groups in total. The maximum Gasteiger partial charge on any atom is 0.119 e. The average molecular weight is 204 g/mol. The molecule has 0 saturated heterocycles. The molecular weight excluding hydrogens is 188 g/mol. The summed E-state index contributed by atoms with van der Waals surface area (Å²) in [6, 6.07) is 7.38. The van der Waals surface area contributed by atoms with Crippen molar-refractivity contribution in [2.24, 2.45) is 0 Å². The number of ether oxygens (including phenoxy) is 1. The maximum absolute atomic E-state index is 9.60. The van der Waals surface area contributed by atoms with Gasteiger partial charge >= 0.3 is 0 Å². The summed E-state index contributed by atoms with van der Waals surface area (Å²) in [5.41, 5.74) is 0.830. The lowest BCUT2D eigenvalue weighted by molar-refractivity contribution is 0.184. The Morgan fingerprint density at radius 3 is 2.60 bits per heavy atom. The van der Waals surface area contributed by atoms with Crippen molar-refractivity contribution in [3.8, 4) is 18.1 Å². The minimum absolute atomic E-state index is 0.342. The van der Waals surface area contributed by atoms with Gasteiger partial charge in [-0.3, -0.25) is 0 Å². The van der Waals surface area contributed by atoms with Gasteiger partial charge in [0.15, 0.2) is 0 Å². The Hall–Kier alpha value is -1.46. The van der Waals surface area contributed by atoms with Crippen molar-refractivity contribution < 1.29 is 9.84 Å². The molecule has 0 aliphatic carbocycles. The summed E-state index contributed by atoms with van der Waals surface area (Å²) < 4.78 is 5.43. The van der Waals surface area contributed by atoms with Crippen molar-refractivity contribution in [2.45, 2.75) is 25.9 Å². The monoisotopic (exact) mass is 204 g/mol. The molecule has 0 amide bonds. The Labute approximate surface area is 90.9 Å². The second-order valence-corrected chi connectivity index (χ2v) is 3.34. The topological polar surface area (TPSA) is 29.5 Å². The fraction of sp³-hybridized carbons (Fsp3) is 0.385. The average Bonchev–Trinajstić information content (AvgIpc) is 2.27. The minimum Gasteiger partial charge on any atom is -0.494 e. The molecule has 0 aliphatic heterocycles. The van der Waals surface area contributed by atoms with E-state index < -0.39 is 6.10 Å². The molecule has 2 heteroatoms.